The van der Waals surface area contributed by atoms with Crippen molar-refractivity contribution in [3.63, 3.8) is 0 Å². The Bertz CT molecular complexity index is 1340. The van der Waals surface area contributed by atoms with E-state index in [0.717, 1.165) is 15.9 Å². The fourth-order valence-electron chi connectivity index (χ4n) is 4.13. The number of rotatable bonds is 10. The zero-order valence-corrected chi connectivity index (χ0v) is 22.5. The predicted octanol–water partition coefficient (Wildman–Crippen LogP) is 4.59. The lowest BCUT2D eigenvalue weighted by Crippen LogP contribution is -2.53. The van der Waals surface area contributed by atoms with Crippen molar-refractivity contribution in [3.05, 3.63) is 77.3 Å². The van der Waals surface area contributed by atoms with Gasteiger partial charge in [-0.15, -0.1) is 0 Å². The number of hydrogen-bond acceptors (Lipinski definition) is 4. The van der Waals surface area contributed by atoms with Gasteiger partial charge in [-0.25, -0.2) is 8.42 Å². The van der Waals surface area contributed by atoms with Gasteiger partial charge in [-0.2, -0.15) is 0 Å². The van der Waals surface area contributed by atoms with Crippen LogP contribution in [-0.4, -0.2) is 50.0 Å². The molecule has 0 aliphatic heterocycles. The number of hydrogen-bond donors (Lipinski definition) is 1. The number of anilines is 1. The highest BCUT2D eigenvalue weighted by molar-refractivity contribution is 7.92. The van der Waals surface area contributed by atoms with Crippen LogP contribution in [0.5, 0.6) is 0 Å². The van der Waals surface area contributed by atoms with Crippen LogP contribution < -0.4 is 9.62 Å². The lowest BCUT2D eigenvalue weighted by Gasteiger charge is -2.33. The maximum absolute atomic E-state index is 13.8. The second-order valence-corrected chi connectivity index (χ2v) is 11.3. The zero-order chi connectivity index (χ0) is 26.5. The first-order valence-corrected chi connectivity index (χ1v) is 14.0. The molecule has 3 aromatic carbocycles. The van der Waals surface area contributed by atoms with Gasteiger partial charge in [0.2, 0.25) is 21.8 Å². The number of carbonyl (C=O) groups excluding carboxylic acids is 2. The van der Waals surface area contributed by atoms with Gasteiger partial charge in [0.1, 0.15) is 12.6 Å². The van der Waals surface area contributed by atoms with Gasteiger partial charge in [-0.05, 0) is 43.4 Å². The molecule has 0 saturated carbocycles. The Morgan fingerprint density at radius 1 is 0.972 bits per heavy atom. The summed E-state index contributed by atoms with van der Waals surface area (Å²) in [4.78, 5) is 28.3. The van der Waals surface area contributed by atoms with Gasteiger partial charge < -0.3 is 10.2 Å². The third-order valence-electron chi connectivity index (χ3n) is 5.83. The van der Waals surface area contributed by atoms with Crippen LogP contribution >= 0.6 is 11.6 Å². The molecule has 36 heavy (non-hydrogen) atoms. The van der Waals surface area contributed by atoms with Crippen molar-refractivity contribution < 1.29 is 18.0 Å². The molecular weight excluding hydrogens is 498 g/mol. The monoisotopic (exact) mass is 529 g/mol. The summed E-state index contributed by atoms with van der Waals surface area (Å²) in [6, 6.07) is 18.9. The maximum Gasteiger partial charge on any atom is 0.244 e. The Kier molecular flexibility index (Phi) is 8.98. The molecule has 0 fully saturated rings. The van der Waals surface area contributed by atoms with Crippen LogP contribution in [0.4, 0.5) is 5.69 Å². The number of sulfonamides is 1. The van der Waals surface area contributed by atoms with E-state index in [2.05, 4.69) is 5.32 Å². The Balaban J connectivity index is 2.04. The van der Waals surface area contributed by atoms with Gasteiger partial charge in [0.05, 0.1) is 11.9 Å². The molecule has 7 nitrogen and oxygen atoms in total. The number of fused-ring (bicyclic) bond motifs is 1. The van der Waals surface area contributed by atoms with Gasteiger partial charge in [-0.3, -0.25) is 13.9 Å². The number of carbonyl (C=O) groups is 2. The first-order valence-electron chi connectivity index (χ1n) is 11.8. The number of nitrogens with zero attached hydrogens (tertiary/aromatic N) is 2. The Hall–Kier alpha value is -3.10. The molecular formula is C27H32ClN3O4S. The van der Waals surface area contributed by atoms with E-state index in [1.54, 1.807) is 36.4 Å². The van der Waals surface area contributed by atoms with Gasteiger partial charge in [0.15, 0.2) is 0 Å². The number of amides is 2. The molecule has 1 atom stereocenters. The van der Waals surface area contributed by atoms with Gasteiger partial charge in [0, 0.05) is 23.0 Å². The van der Waals surface area contributed by atoms with E-state index in [-0.39, 0.29) is 18.5 Å². The number of benzene rings is 3. The van der Waals surface area contributed by atoms with Crippen LogP contribution in [0, 0.1) is 0 Å². The van der Waals surface area contributed by atoms with E-state index >= 15 is 0 Å². The highest BCUT2D eigenvalue weighted by atomic mass is 35.5. The fraction of sp³-hybridized carbons (Fsp3) is 0.333. The first-order chi connectivity index (χ1) is 17.0. The minimum Gasteiger partial charge on any atom is -0.352 e. The third-order valence-corrected chi connectivity index (χ3v) is 7.33. The quantitative estimate of drug-likeness (QED) is 0.416. The topological polar surface area (TPSA) is 86.8 Å². The van der Waals surface area contributed by atoms with Crippen molar-refractivity contribution in [2.24, 2.45) is 0 Å². The van der Waals surface area contributed by atoms with Gasteiger partial charge >= 0.3 is 0 Å². The summed E-state index contributed by atoms with van der Waals surface area (Å²) in [5, 5.41) is 4.90. The summed E-state index contributed by atoms with van der Waals surface area (Å²) in [5.41, 5.74) is 1.07. The Morgan fingerprint density at radius 2 is 1.61 bits per heavy atom. The van der Waals surface area contributed by atoms with E-state index in [1.807, 2.05) is 51.1 Å². The molecule has 0 heterocycles. The van der Waals surface area contributed by atoms with Crippen LogP contribution in [0.1, 0.15) is 32.8 Å². The highest BCUT2D eigenvalue weighted by Gasteiger charge is 2.32. The summed E-state index contributed by atoms with van der Waals surface area (Å²) in [7, 11) is -3.83. The summed E-state index contributed by atoms with van der Waals surface area (Å²) in [6.07, 6.45) is 1.42. The second-order valence-electron chi connectivity index (χ2n) is 8.97. The molecule has 0 aromatic heterocycles. The van der Waals surface area contributed by atoms with Crippen molar-refractivity contribution >= 4 is 49.9 Å². The standard InChI is InChI=1S/C27H32ClN3O4S/c1-5-24(27(33)29-19(2)3)30(17-21-12-7-9-15-23(21)28)26(32)18-31(36(4,34)35)25-16-10-13-20-11-6-8-14-22(20)25/h6-16,19,24H,5,17-18H2,1-4H3,(H,29,33)/t24-/m1/s1. The predicted molar refractivity (Wildman–Crippen MR) is 145 cm³/mol. The van der Waals surface area contributed by atoms with Gasteiger partial charge in [0.25, 0.3) is 0 Å². The molecule has 192 valence electrons. The second kappa shape index (κ2) is 11.8. The maximum atomic E-state index is 13.8. The Labute approximate surface area is 218 Å². The summed E-state index contributed by atoms with van der Waals surface area (Å²) >= 11 is 6.38. The van der Waals surface area contributed by atoms with E-state index in [9.17, 15) is 18.0 Å². The molecule has 3 rings (SSSR count). The molecule has 2 amide bonds. The minimum atomic E-state index is -3.83. The van der Waals surface area contributed by atoms with E-state index < -0.39 is 28.5 Å². The number of nitrogens with one attached hydrogen (secondary N) is 1. The van der Waals surface area contributed by atoms with Crippen molar-refractivity contribution in [1.29, 1.82) is 0 Å². The largest absolute Gasteiger partial charge is 0.352 e. The fourth-order valence-corrected chi connectivity index (χ4v) is 5.19. The average Bonchev–Trinajstić information content (AvgIpc) is 2.82. The molecule has 0 spiro atoms. The molecule has 0 bridgehead atoms. The van der Waals surface area contributed by atoms with Crippen LogP contribution in [0.15, 0.2) is 66.7 Å². The van der Waals surface area contributed by atoms with Crippen LogP contribution in [0.25, 0.3) is 10.8 Å². The SMILES string of the molecule is CC[C@H](C(=O)NC(C)C)N(Cc1ccccc1Cl)C(=O)CN(c1cccc2ccccc12)S(C)(=O)=O. The molecule has 1 N–H and O–H groups in total. The zero-order valence-electron chi connectivity index (χ0n) is 20.9. The third kappa shape index (κ3) is 6.56. The smallest absolute Gasteiger partial charge is 0.244 e. The van der Waals surface area contributed by atoms with Crippen LogP contribution in [0.3, 0.4) is 0 Å². The normalized spacial score (nSPS) is 12.4. The minimum absolute atomic E-state index is 0.0651. The van der Waals surface area contributed by atoms with E-state index in [4.69, 9.17) is 11.6 Å². The van der Waals surface area contributed by atoms with E-state index in [0.29, 0.717) is 28.1 Å². The summed E-state index contributed by atoms with van der Waals surface area (Å²) in [5.74, 6) is -0.803. The van der Waals surface area contributed by atoms with Crippen molar-refractivity contribution in [2.45, 2.75) is 45.8 Å². The van der Waals surface area contributed by atoms with Crippen LogP contribution in [-0.2, 0) is 26.2 Å². The summed E-state index contributed by atoms with van der Waals surface area (Å²) < 4.78 is 26.9. The van der Waals surface area contributed by atoms with Crippen molar-refractivity contribution in [1.82, 2.24) is 10.2 Å². The molecule has 0 saturated heterocycles. The van der Waals surface area contributed by atoms with Crippen LogP contribution in [0.2, 0.25) is 5.02 Å². The summed E-state index contributed by atoms with van der Waals surface area (Å²) in [6.45, 7) is 5.11. The molecule has 0 aliphatic carbocycles. The molecule has 0 radical (unpaired) electrons. The molecule has 0 unspecified atom stereocenters. The molecule has 0 aliphatic rings. The van der Waals surface area contributed by atoms with Crippen molar-refractivity contribution in [3.8, 4) is 0 Å². The molecule has 9 heteroatoms. The van der Waals surface area contributed by atoms with E-state index in [1.165, 1.54) is 4.90 Å². The lowest BCUT2D eigenvalue weighted by molar-refractivity contribution is -0.140. The lowest BCUT2D eigenvalue weighted by atomic mass is 10.1. The molecule has 3 aromatic rings. The first kappa shape index (κ1) is 27.5. The number of halogens is 1. The van der Waals surface area contributed by atoms with Gasteiger partial charge in [-0.1, -0.05) is 73.1 Å². The Morgan fingerprint density at radius 3 is 2.25 bits per heavy atom. The average molecular weight is 530 g/mol. The highest BCUT2D eigenvalue weighted by Crippen LogP contribution is 2.29. The van der Waals surface area contributed by atoms with Crippen molar-refractivity contribution in [2.75, 3.05) is 17.1 Å².